The molecule has 0 saturated heterocycles. The summed E-state index contributed by atoms with van der Waals surface area (Å²) in [6.45, 7) is 5.59. The summed E-state index contributed by atoms with van der Waals surface area (Å²) < 4.78 is 40.4. The van der Waals surface area contributed by atoms with Gasteiger partial charge in [0.05, 0.1) is 10.6 Å². The molecular weight excluding hydrogens is 295 g/mol. The molecule has 21 heavy (non-hydrogen) atoms. The molecule has 1 rings (SSSR count). The van der Waals surface area contributed by atoms with Gasteiger partial charge in [0.2, 0.25) is 10.0 Å². The van der Waals surface area contributed by atoms with Crippen molar-refractivity contribution in [2.75, 3.05) is 18.9 Å². The topological polar surface area (TPSA) is 92.4 Å². The van der Waals surface area contributed by atoms with Crippen LogP contribution < -0.4 is 10.5 Å². The number of sulfonamides is 1. The second-order valence-electron chi connectivity index (χ2n) is 5.96. The second kappa shape index (κ2) is 6.72. The summed E-state index contributed by atoms with van der Waals surface area (Å²) in [6.07, 6.45) is 1.30. The fraction of sp³-hybridized carbons (Fsp3) is 0.571. The van der Waals surface area contributed by atoms with Crippen LogP contribution in [-0.4, -0.2) is 26.7 Å². The Kier molecular flexibility index (Phi) is 5.72. The quantitative estimate of drug-likeness (QED) is 0.668. The lowest BCUT2D eigenvalue weighted by molar-refractivity contribution is 0.242. The largest absolute Gasteiger partial charge is 0.396 e. The van der Waals surface area contributed by atoms with Gasteiger partial charge in [0, 0.05) is 13.2 Å². The Morgan fingerprint density at radius 1 is 1.38 bits per heavy atom. The van der Waals surface area contributed by atoms with Crippen LogP contribution in [0.1, 0.15) is 32.3 Å². The third-order valence-corrected chi connectivity index (χ3v) is 4.70. The van der Waals surface area contributed by atoms with E-state index in [4.69, 9.17) is 10.8 Å². The van der Waals surface area contributed by atoms with Crippen LogP contribution >= 0.6 is 0 Å². The molecule has 0 aliphatic carbocycles. The zero-order valence-corrected chi connectivity index (χ0v) is 13.4. The number of nitrogens with two attached hydrogens (primary N) is 1. The van der Waals surface area contributed by atoms with Crippen LogP contribution in [0.3, 0.4) is 0 Å². The number of aryl methyl sites for hydroxylation is 1. The molecule has 0 radical (unpaired) electrons. The molecule has 0 aliphatic heterocycles. The van der Waals surface area contributed by atoms with Crippen molar-refractivity contribution in [2.24, 2.45) is 5.41 Å². The maximum absolute atomic E-state index is 13.4. The number of hydrogen-bond acceptors (Lipinski definition) is 4. The molecule has 1 aromatic carbocycles. The Balaban J connectivity index is 2.88. The summed E-state index contributed by atoms with van der Waals surface area (Å²) in [5.41, 5.74) is 5.19. The summed E-state index contributed by atoms with van der Waals surface area (Å²) in [4.78, 5) is -0.0446. The van der Waals surface area contributed by atoms with Gasteiger partial charge in [-0.2, -0.15) is 0 Å². The lowest BCUT2D eigenvalue weighted by Crippen LogP contribution is -2.34. The summed E-state index contributed by atoms with van der Waals surface area (Å²) in [6, 6.07) is 2.38. The highest BCUT2D eigenvalue weighted by Crippen LogP contribution is 2.24. The van der Waals surface area contributed by atoms with Crippen LogP contribution in [-0.2, 0) is 10.0 Å². The molecule has 0 atom stereocenters. The number of halogens is 1. The van der Waals surface area contributed by atoms with Crippen LogP contribution in [0.2, 0.25) is 0 Å². The van der Waals surface area contributed by atoms with E-state index < -0.39 is 15.8 Å². The van der Waals surface area contributed by atoms with Gasteiger partial charge < -0.3 is 10.8 Å². The highest BCUT2D eigenvalue weighted by molar-refractivity contribution is 7.89. The Morgan fingerprint density at radius 3 is 2.52 bits per heavy atom. The minimum absolute atomic E-state index is 0.0446. The first kappa shape index (κ1) is 17.9. The molecule has 0 spiro atoms. The fourth-order valence-electron chi connectivity index (χ4n) is 1.94. The zero-order chi connectivity index (χ0) is 16.3. The predicted molar refractivity (Wildman–Crippen MR) is 80.8 cm³/mol. The summed E-state index contributed by atoms with van der Waals surface area (Å²) in [7, 11) is -3.74. The van der Waals surface area contributed by atoms with Crippen molar-refractivity contribution in [3.05, 3.63) is 23.5 Å². The smallest absolute Gasteiger partial charge is 0.240 e. The van der Waals surface area contributed by atoms with Crippen molar-refractivity contribution in [1.82, 2.24) is 4.72 Å². The molecule has 0 heterocycles. The van der Waals surface area contributed by atoms with E-state index in [1.54, 1.807) is 0 Å². The van der Waals surface area contributed by atoms with Crippen LogP contribution in [0.15, 0.2) is 17.0 Å². The molecule has 0 unspecified atom stereocenters. The maximum Gasteiger partial charge on any atom is 0.240 e. The van der Waals surface area contributed by atoms with Crippen LogP contribution in [0.25, 0.3) is 0 Å². The molecule has 0 amide bonds. The minimum Gasteiger partial charge on any atom is -0.396 e. The molecule has 0 aromatic heterocycles. The number of nitrogen functional groups attached to an aromatic ring is 1. The van der Waals surface area contributed by atoms with Gasteiger partial charge in [-0.25, -0.2) is 17.5 Å². The van der Waals surface area contributed by atoms with Crippen molar-refractivity contribution in [2.45, 2.75) is 38.5 Å². The monoisotopic (exact) mass is 318 g/mol. The normalized spacial score (nSPS) is 12.6. The van der Waals surface area contributed by atoms with Gasteiger partial charge in [0.1, 0.15) is 5.82 Å². The molecular formula is C14H23FN2O3S. The lowest BCUT2D eigenvalue weighted by Gasteiger charge is -2.24. The minimum atomic E-state index is -3.74. The van der Waals surface area contributed by atoms with Gasteiger partial charge in [-0.3, -0.25) is 0 Å². The summed E-state index contributed by atoms with van der Waals surface area (Å²) >= 11 is 0. The van der Waals surface area contributed by atoms with Gasteiger partial charge in [0.25, 0.3) is 0 Å². The third-order valence-electron chi connectivity index (χ3n) is 3.32. The van der Waals surface area contributed by atoms with E-state index in [1.807, 2.05) is 13.8 Å². The van der Waals surface area contributed by atoms with Crippen LogP contribution in [0, 0.1) is 18.2 Å². The molecule has 7 heteroatoms. The highest BCUT2D eigenvalue weighted by atomic mass is 32.2. The average molecular weight is 318 g/mol. The third kappa shape index (κ3) is 4.94. The molecule has 0 aliphatic rings. The Morgan fingerprint density at radius 2 is 2.00 bits per heavy atom. The van der Waals surface area contributed by atoms with E-state index in [-0.39, 0.29) is 34.7 Å². The van der Waals surface area contributed by atoms with Crippen molar-refractivity contribution in [3.8, 4) is 0 Å². The Hall–Kier alpha value is -1.18. The van der Waals surface area contributed by atoms with Crippen LogP contribution in [0.4, 0.5) is 10.1 Å². The molecule has 0 fully saturated rings. The number of rotatable bonds is 7. The molecule has 1 aromatic rings. The van der Waals surface area contributed by atoms with E-state index >= 15 is 0 Å². The highest BCUT2D eigenvalue weighted by Gasteiger charge is 2.23. The molecule has 4 N–H and O–H groups in total. The van der Waals surface area contributed by atoms with Gasteiger partial charge in [-0.1, -0.05) is 13.8 Å². The number of anilines is 1. The maximum atomic E-state index is 13.4. The molecule has 5 nitrogen and oxygen atoms in total. The van der Waals surface area contributed by atoms with E-state index in [0.29, 0.717) is 12.8 Å². The first-order valence-electron chi connectivity index (χ1n) is 6.75. The summed E-state index contributed by atoms with van der Waals surface area (Å²) in [5.74, 6) is -0.600. The van der Waals surface area contributed by atoms with Crippen molar-refractivity contribution < 1.29 is 17.9 Å². The van der Waals surface area contributed by atoms with Gasteiger partial charge in [0.15, 0.2) is 0 Å². The van der Waals surface area contributed by atoms with Crippen molar-refractivity contribution >= 4 is 15.7 Å². The second-order valence-corrected chi connectivity index (χ2v) is 7.73. The first-order chi connectivity index (χ1) is 9.59. The van der Waals surface area contributed by atoms with Gasteiger partial charge in [-0.15, -0.1) is 0 Å². The Labute approximate surface area is 125 Å². The standard InChI is InChI=1S/C14H23FN2O3S/c1-10-7-11(8-12(16)13(10)15)21(19,20)17-9-14(2,3)5-4-6-18/h7-8,17-18H,4-6,9,16H2,1-3H3. The van der Waals surface area contributed by atoms with E-state index in [9.17, 15) is 12.8 Å². The predicted octanol–water partition coefficient (Wildman–Crippen LogP) is 1.79. The van der Waals surface area contributed by atoms with E-state index in [1.165, 1.54) is 13.0 Å². The van der Waals surface area contributed by atoms with Crippen molar-refractivity contribution in [3.63, 3.8) is 0 Å². The number of nitrogens with one attached hydrogen (secondary N) is 1. The molecule has 0 bridgehead atoms. The molecule has 120 valence electrons. The lowest BCUT2D eigenvalue weighted by atomic mass is 9.88. The van der Waals surface area contributed by atoms with Crippen LogP contribution in [0.5, 0.6) is 0 Å². The summed E-state index contributed by atoms with van der Waals surface area (Å²) in [5, 5.41) is 8.83. The van der Waals surface area contributed by atoms with E-state index in [0.717, 1.165) is 6.07 Å². The first-order valence-corrected chi connectivity index (χ1v) is 8.23. The average Bonchev–Trinajstić information content (AvgIpc) is 2.40. The van der Waals surface area contributed by atoms with Crippen molar-refractivity contribution in [1.29, 1.82) is 0 Å². The number of benzene rings is 1. The zero-order valence-electron chi connectivity index (χ0n) is 12.6. The SMILES string of the molecule is Cc1cc(S(=O)(=O)NCC(C)(C)CCCO)cc(N)c1F. The Bertz CT molecular complexity index is 577. The van der Waals surface area contributed by atoms with Gasteiger partial charge >= 0.3 is 0 Å². The fourth-order valence-corrected chi connectivity index (χ4v) is 3.30. The number of aliphatic hydroxyl groups is 1. The van der Waals surface area contributed by atoms with E-state index in [2.05, 4.69) is 4.72 Å². The van der Waals surface area contributed by atoms with Gasteiger partial charge in [-0.05, 0) is 42.9 Å². The molecule has 0 saturated carbocycles. The number of aliphatic hydroxyl groups excluding tert-OH is 1. The number of hydrogen-bond donors (Lipinski definition) is 3.